The maximum absolute atomic E-state index is 13.3. The van der Waals surface area contributed by atoms with Crippen molar-refractivity contribution in [3.05, 3.63) is 77.4 Å². The van der Waals surface area contributed by atoms with Crippen LogP contribution in [0.3, 0.4) is 0 Å². The number of nitrogen functional groups attached to an aromatic ring is 1. The topological polar surface area (TPSA) is 97.9 Å². The normalized spacial score (nSPS) is 17.8. The number of thiophene rings is 1. The minimum absolute atomic E-state index is 0.198. The van der Waals surface area contributed by atoms with Crippen LogP contribution in [0.1, 0.15) is 28.9 Å². The lowest BCUT2D eigenvalue weighted by molar-refractivity contribution is 0.0527. The molecule has 2 aliphatic rings. The van der Waals surface area contributed by atoms with Crippen LogP contribution in [0.25, 0.3) is 38.2 Å². The highest BCUT2D eigenvalue weighted by Crippen LogP contribution is 2.41. The minimum Gasteiger partial charge on any atom is -0.495 e. The summed E-state index contributed by atoms with van der Waals surface area (Å²) in [6.45, 7) is 7.19. The van der Waals surface area contributed by atoms with Crippen LogP contribution in [0.4, 0.5) is 11.5 Å². The largest absolute Gasteiger partial charge is 0.495 e. The third-order valence-corrected chi connectivity index (χ3v) is 10.2. The van der Waals surface area contributed by atoms with Crippen LogP contribution in [0.2, 0.25) is 0 Å². The zero-order valence-electron chi connectivity index (χ0n) is 26.4. The molecule has 0 aliphatic carbocycles. The van der Waals surface area contributed by atoms with Gasteiger partial charge in [-0.15, -0.1) is 11.3 Å². The minimum atomic E-state index is -0.198. The van der Waals surface area contributed by atoms with Gasteiger partial charge in [-0.25, -0.2) is 4.98 Å². The quantitative estimate of drug-likeness (QED) is 0.202. The summed E-state index contributed by atoms with van der Waals surface area (Å²) < 4.78 is 14.6. The number of fused-ring (bicyclic) bond motifs is 2. The number of pyridine rings is 1. The Kier molecular flexibility index (Phi) is 8.77. The third kappa shape index (κ3) is 6.13. The first-order chi connectivity index (χ1) is 22.5. The van der Waals surface area contributed by atoms with E-state index in [0.29, 0.717) is 29.1 Å². The Hall–Kier alpha value is -4.22. The molecule has 2 aliphatic heterocycles. The van der Waals surface area contributed by atoms with Crippen molar-refractivity contribution >= 4 is 55.8 Å². The smallest absolute Gasteiger partial charge is 0.272 e. The van der Waals surface area contributed by atoms with E-state index in [1.165, 1.54) is 12.8 Å². The van der Waals surface area contributed by atoms with Crippen molar-refractivity contribution in [2.75, 3.05) is 64.0 Å². The number of nitrogens with one attached hydrogen (secondary N) is 1. The maximum atomic E-state index is 13.3. The van der Waals surface area contributed by atoms with Crippen LogP contribution in [0.15, 0.2) is 66.2 Å². The van der Waals surface area contributed by atoms with Gasteiger partial charge in [0.05, 0.1) is 18.9 Å². The first-order valence-corrected chi connectivity index (χ1v) is 16.8. The molecule has 0 bridgehead atoms. The molecule has 0 radical (unpaired) electrons. The van der Waals surface area contributed by atoms with Gasteiger partial charge in [-0.1, -0.05) is 36.4 Å². The number of nitrogens with two attached hydrogens (primary N) is 1. The number of anilines is 2. The molecule has 46 heavy (non-hydrogen) atoms. The van der Waals surface area contributed by atoms with Crippen molar-refractivity contribution in [1.29, 1.82) is 0 Å². The van der Waals surface area contributed by atoms with Crippen molar-refractivity contribution in [2.45, 2.75) is 18.9 Å². The molecule has 0 spiro atoms. The highest BCUT2D eigenvalue weighted by Gasteiger charge is 2.23. The first kappa shape index (κ1) is 30.4. The number of methoxy groups -OCH3 is 1. The van der Waals surface area contributed by atoms with Crippen LogP contribution in [-0.2, 0) is 11.8 Å². The molecule has 2 saturated heterocycles. The lowest BCUT2D eigenvalue weighted by Gasteiger charge is -2.35. The van der Waals surface area contributed by atoms with Crippen molar-refractivity contribution in [2.24, 2.45) is 7.05 Å². The van der Waals surface area contributed by atoms with Gasteiger partial charge in [0.25, 0.3) is 5.91 Å². The van der Waals surface area contributed by atoms with E-state index in [1.807, 2.05) is 66.3 Å². The summed E-state index contributed by atoms with van der Waals surface area (Å²) in [7, 11) is 3.51. The van der Waals surface area contributed by atoms with Gasteiger partial charge in [0.2, 0.25) is 0 Å². The van der Waals surface area contributed by atoms with Crippen molar-refractivity contribution in [1.82, 2.24) is 19.4 Å². The highest BCUT2D eigenvalue weighted by molar-refractivity contribution is 7.18. The Balaban J connectivity index is 1.05. The standard InChI is InChI=1S/C36H40N6O3S/c1-40-30-10-4-3-7-25(30)19-31(40)36(43)39-29-12-11-24(20-32(29)44-2)28-23-46-34-26(21-38-35(37)33(28)34)8-5-13-41-14-16-42(17-15-41)22-27-9-6-18-45-27/h3-5,7-8,10-12,19-21,23,27H,6,9,13-18,22H2,1-2H3,(H2,37,38)(H,39,43)/t27-/m1/s1. The van der Waals surface area contributed by atoms with E-state index in [4.69, 9.17) is 15.2 Å². The van der Waals surface area contributed by atoms with Gasteiger partial charge in [-0.05, 0) is 48.1 Å². The van der Waals surface area contributed by atoms with Gasteiger partial charge >= 0.3 is 0 Å². The highest BCUT2D eigenvalue weighted by atomic mass is 32.1. The van der Waals surface area contributed by atoms with Crippen LogP contribution < -0.4 is 15.8 Å². The monoisotopic (exact) mass is 636 g/mol. The van der Waals surface area contributed by atoms with E-state index in [2.05, 4.69) is 37.6 Å². The zero-order valence-corrected chi connectivity index (χ0v) is 27.2. The molecule has 0 saturated carbocycles. The van der Waals surface area contributed by atoms with Crippen LogP contribution in [0, 0.1) is 0 Å². The lowest BCUT2D eigenvalue weighted by Crippen LogP contribution is -2.48. The Bertz CT molecular complexity index is 1900. The fourth-order valence-electron chi connectivity index (χ4n) is 6.63. The van der Waals surface area contributed by atoms with E-state index in [0.717, 1.165) is 83.6 Å². The van der Waals surface area contributed by atoms with E-state index in [9.17, 15) is 4.79 Å². The Labute approximate surface area is 273 Å². The predicted octanol–water partition coefficient (Wildman–Crippen LogP) is 6.11. The number of hydrogen-bond donors (Lipinski definition) is 2. The number of ether oxygens (including phenoxy) is 2. The number of rotatable bonds is 9. The number of aromatic nitrogens is 2. The number of carbonyl (C=O) groups excluding carboxylic acids is 1. The number of nitrogens with zero attached hydrogens (tertiary/aromatic N) is 4. The van der Waals surface area contributed by atoms with E-state index in [1.54, 1.807) is 18.4 Å². The second kappa shape index (κ2) is 13.3. The molecule has 3 N–H and O–H groups in total. The van der Waals surface area contributed by atoms with E-state index >= 15 is 0 Å². The second-order valence-corrected chi connectivity index (χ2v) is 13.0. The Morgan fingerprint density at radius 1 is 1.15 bits per heavy atom. The molecular weight excluding hydrogens is 597 g/mol. The zero-order chi connectivity index (χ0) is 31.6. The lowest BCUT2D eigenvalue weighted by atomic mass is 10.0. The average Bonchev–Trinajstić information content (AvgIpc) is 3.83. The van der Waals surface area contributed by atoms with Crippen LogP contribution >= 0.6 is 11.3 Å². The molecule has 238 valence electrons. The molecule has 5 heterocycles. The van der Waals surface area contributed by atoms with Crippen molar-refractivity contribution in [3.8, 4) is 16.9 Å². The maximum Gasteiger partial charge on any atom is 0.272 e. The number of piperazine rings is 1. The van der Waals surface area contributed by atoms with Gasteiger partial charge in [0.15, 0.2) is 0 Å². The molecule has 7 rings (SSSR count). The Morgan fingerprint density at radius 2 is 1.98 bits per heavy atom. The van der Waals surface area contributed by atoms with Gasteiger partial charge in [-0.2, -0.15) is 0 Å². The first-order valence-electron chi connectivity index (χ1n) is 15.9. The predicted molar refractivity (Wildman–Crippen MR) is 188 cm³/mol. The fraction of sp³-hybridized carbons (Fsp3) is 0.333. The van der Waals surface area contributed by atoms with Crippen LogP contribution in [-0.4, -0.2) is 84.3 Å². The van der Waals surface area contributed by atoms with Gasteiger partial charge in [0, 0.05) is 91.2 Å². The van der Waals surface area contributed by atoms with Gasteiger partial charge < -0.3 is 25.1 Å². The van der Waals surface area contributed by atoms with E-state index < -0.39 is 0 Å². The molecule has 9 nitrogen and oxygen atoms in total. The molecule has 2 fully saturated rings. The van der Waals surface area contributed by atoms with Gasteiger partial charge in [0.1, 0.15) is 17.3 Å². The molecule has 1 amide bonds. The molecule has 2 aromatic carbocycles. The number of benzene rings is 2. The molecule has 5 aromatic rings. The number of para-hydroxylation sites is 1. The molecular formula is C36H40N6O3S. The van der Waals surface area contributed by atoms with Crippen molar-refractivity contribution < 1.29 is 14.3 Å². The summed E-state index contributed by atoms with van der Waals surface area (Å²) in [5.41, 5.74) is 11.6. The average molecular weight is 637 g/mol. The Morgan fingerprint density at radius 3 is 2.76 bits per heavy atom. The number of carbonyl (C=O) groups is 1. The number of hydrogen-bond acceptors (Lipinski definition) is 8. The molecule has 10 heteroatoms. The summed E-state index contributed by atoms with van der Waals surface area (Å²) in [6, 6.07) is 15.7. The fourth-order valence-corrected chi connectivity index (χ4v) is 7.71. The van der Waals surface area contributed by atoms with Crippen molar-refractivity contribution in [3.63, 3.8) is 0 Å². The number of amides is 1. The van der Waals surface area contributed by atoms with Crippen LogP contribution in [0.5, 0.6) is 5.75 Å². The second-order valence-electron chi connectivity index (χ2n) is 12.1. The SMILES string of the molecule is COc1cc(-c2csc3c(C=CCN4CCN(C[C@H]5CCCO5)CC4)cnc(N)c23)ccc1NC(=O)c1cc2ccccc2n1C. The van der Waals surface area contributed by atoms with Gasteiger partial charge in [-0.3, -0.25) is 14.6 Å². The molecule has 3 aromatic heterocycles. The summed E-state index contributed by atoms with van der Waals surface area (Å²) in [5, 5.41) is 7.11. The summed E-state index contributed by atoms with van der Waals surface area (Å²) >= 11 is 1.66. The number of aryl methyl sites for hydroxylation is 1. The molecule has 1 atom stereocenters. The third-order valence-electron chi connectivity index (χ3n) is 9.21. The van der Waals surface area contributed by atoms with E-state index in [-0.39, 0.29) is 5.91 Å². The summed E-state index contributed by atoms with van der Waals surface area (Å²) in [4.78, 5) is 22.9. The summed E-state index contributed by atoms with van der Waals surface area (Å²) in [5.74, 6) is 0.872. The molecule has 0 unspecified atom stereocenters. The summed E-state index contributed by atoms with van der Waals surface area (Å²) in [6.07, 6.45) is 9.07.